The fourth-order valence-corrected chi connectivity index (χ4v) is 2.55. The molecule has 0 aromatic heterocycles. The van der Waals surface area contributed by atoms with Crippen molar-refractivity contribution in [3.63, 3.8) is 0 Å². The molecular formula is C17H27N3O3. The maximum Gasteiger partial charge on any atom is 0.221 e. The number of hydrogen-bond acceptors (Lipinski definition) is 5. The van der Waals surface area contributed by atoms with Gasteiger partial charge in [-0.1, -0.05) is 12.1 Å². The number of amides is 1. The quantitative estimate of drug-likeness (QED) is 0.675. The number of anilines is 2. The summed E-state index contributed by atoms with van der Waals surface area (Å²) in [5, 5.41) is 6.27. The van der Waals surface area contributed by atoms with Gasteiger partial charge in [0.15, 0.2) is 0 Å². The molecule has 0 radical (unpaired) electrons. The van der Waals surface area contributed by atoms with Gasteiger partial charge >= 0.3 is 0 Å². The first-order chi connectivity index (χ1) is 11.3. The van der Waals surface area contributed by atoms with Crippen molar-refractivity contribution in [2.75, 3.05) is 63.3 Å². The monoisotopic (exact) mass is 321 g/mol. The van der Waals surface area contributed by atoms with E-state index in [0.717, 1.165) is 38.4 Å². The minimum atomic E-state index is 0.0671. The van der Waals surface area contributed by atoms with Gasteiger partial charge in [-0.3, -0.25) is 4.79 Å². The number of benzene rings is 1. The molecule has 0 bridgehead atoms. The minimum absolute atomic E-state index is 0.0671. The second-order valence-electron chi connectivity index (χ2n) is 5.49. The topological polar surface area (TPSA) is 62.8 Å². The summed E-state index contributed by atoms with van der Waals surface area (Å²) in [4.78, 5) is 14.1. The Morgan fingerprint density at radius 2 is 2.04 bits per heavy atom. The van der Waals surface area contributed by atoms with Gasteiger partial charge in [0.2, 0.25) is 5.91 Å². The Labute approximate surface area is 138 Å². The molecule has 0 atom stereocenters. The third-order valence-corrected chi connectivity index (χ3v) is 3.77. The maximum atomic E-state index is 11.8. The van der Waals surface area contributed by atoms with Crippen molar-refractivity contribution in [3.05, 3.63) is 24.3 Å². The van der Waals surface area contributed by atoms with Crippen molar-refractivity contribution in [2.24, 2.45) is 0 Å². The lowest BCUT2D eigenvalue weighted by molar-refractivity contribution is -0.120. The van der Waals surface area contributed by atoms with Gasteiger partial charge in [0, 0.05) is 46.3 Å². The van der Waals surface area contributed by atoms with E-state index in [0.29, 0.717) is 26.1 Å². The molecule has 2 N–H and O–H groups in total. The number of nitrogens with zero attached hydrogens (tertiary/aromatic N) is 1. The Morgan fingerprint density at radius 3 is 2.83 bits per heavy atom. The lowest BCUT2D eigenvalue weighted by Gasteiger charge is -2.30. The maximum absolute atomic E-state index is 11.8. The van der Waals surface area contributed by atoms with E-state index in [9.17, 15) is 4.79 Å². The molecule has 1 aromatic carbocycles. The van der Waals surface area contributed by atoms with Crippen molar-refractivity contribution in [3.8, 4) is 0 Å². The molecule has 0 spiro atoms. The summed E-state index contributed by atoms with van der Waals surface area (Å²) in [6, 6.07) is 8.22. The number of para-hydroxylation sites is 2. The zero-order valence-electron chi connectivity index (χ0n) is 13.8. The highest BCUT2D eigenvalue weighted by Crippen LogP contribution is 2.26. The molecule has 1 fully saturated rings. The first-order valence-corrected chi connectivity index (χ1v) is 8.22. The molecule has 0 saturated carbocycles. The summed E-state index contributed by atoms with van der Waals surface area (Å²) in [7, 11) is 1.66. The van der Waals surface area contributed by atoms with E-state index in [1.165, 1.54) is 5.69 Å². The van der Waals surface area contributed by atoms with Crippen molar-refractivity contribution >= 4 is 17.3 Å². The average molecular weight is 321 g/mol. The molecule has 1 heterocycles. The molecule has 6 heteroatoms. The van der Waals surface area contributed by atoms with Gasteiger partial charge in [0.1, 0.15) is 0 Å². The molecule has 1 amide bonds. The van der Waals surface area contributed by atoms with E-state index in [1.807, 2.05) is 12.1 Å². The minimum Gasteiger partial charge on any atom is -0.385 e. The summed E-state index contributed by atoms with van der Waals surface area (Å²) < 4.78 is 10.4. The predicted octanol–water partition coefficient (Wildman–Crippen LogP) is 1.48. The van der Waals surface area contributed by atoms with Crippen molar-refractivity contribution < 1.29 is 14.3 Å². The molecule has 1 saturated heterocycles. The normalized spacial score (nSPS) is 14.6. The van der Waals surface area contributed by atoms with Crippen LogP contribution in [0.4, 0.5) is 11.4 Å². The van der Waals surface area contributed by atoms with Crippen LogP contribution in [-0.4, -0.2) is 59.0 Å². The van der Waals surface area contributed by atoms with Crippen LogP contribution in [0.3, 0.4) is 0 Å². The van der Waals surface area contributed by atoms with Gasteiger partial charge in [-0.25, -0.2) is 0 Å². The molecule has 0 unspecified atom stereocenters. The van der Waals surface area contributed by atoms with Crippen molar-refractivity contribution in [1.82, 2.24) is 5.32 Å². The van der Waals surface area contributed by atoms with E-state index in [4.69, 9.17) is 9.47 Å². The van der Waals surface area contributed by atoms with Crippen LogP contribution in [0.1, 0.15) is 12.8 Å². The van der Waals surface area contributed by atoms with Crippen LogP contribution < -0.4 is 15.5 Å². The van der Waals surface area contributed by atoms with Crippen LogP contribution >= 0.6 is 0 Å². The third-order valence-electron chi connectivity index (χ3n) is 3.77. The van der Waals surface area contributed by atoms with Crippen LogP contribution in [0.2, 0.25) is 0 Å². The Balaban J connectivity index is 1.76. The summed E-state index contributed by atoms with van der Waals surface area (Å²) in [6.07, 6.45) is 1.31. The second-order valence-corrected chi connectivity index (χ2v) is 5.49. The Kier molecular flexibility index (Phi) is 7.69. The number of rotatable bonds is 9. The van der Waals surface area contributed by atoms with Gasteiger partial charge < -0.3 is 25.0 Å². The van der Waals surface area contributed by atoms with E-state index >= 15 is 0 Å². The Bertz CT molecular complexity index is 476. The molecule has 1 aliphatic heterocycles. The van der Waals surface area contributed by atoms with E-state index < -0.39 is 0 Å². The SMILES string of the molecule is COCCCNC(=O)CCNc1ccccc1N1CCOCC1. The zero-order valence-corrected chi connectivity index (χ0v) is 13.8. The van der Waals surface area contributed by atoms with Crippen molar-refractivity contribution in [1.29, 1.82) is 0 Å². The Morgan fingerprint density at radius 1 is 1.26 bits per heavy atom. The highest BCUT2D eigenvalue weighted by atomic mass is 16.5. The summed E-state index contributed by atoms with van der Waals surface area (Å²) in [5.74, 6) is 0.0671. The molecule has 23 heavy (non-hydrogen) atoms. The number of hydrogen-bond donors (Lipinski definition) is 2. The first kappa shape index (κ1) is 17.6. The van der Waals surface area contributed by atoms with Crippen LogP contribution in [0.25, 0.3) is 0 Å². The highest BCUT2D eigenvalue weighted by Gasteiger charge is 2.14. The van der Waals surface area contributed by atoms with E-state index in [-0.39, 0.29) is 5.91 Å². The molecule has 128 valence electrons. The third kappa shape index (κ3) is 6.08. The number of nitrogens with one attached hydrogen (secondary N) is 2. The summed E-state index contributed by atoms with van der Waals surface area (Å²) in [5.41, 5.74) is 2.25. The average Bonchev–Trinajstić information content (AvgIpc) is 2.60. The second kappa shape index (κ2) is 10.1. The number of carbonyl (C=O) groups excluding carboxylic acids is 1. The number of carbonyl (C=O) groups is 1. The molecule has 6 nitrogen and oxygen atoms in total. The zero-order chi connectivity index (χ0) is 16.3. The molecule has 0 aliphatic carbocycles. The number of morpholine rings is 1. The van der Waals surface area contributed by atoms with Crippen LogP contribution in [0.5, 0.6) is 0 Å². The number of methoxy groups -OCH3 is 1. The standard InChI is InChI=1S/C17H27N3O3/c1-22-12-4-8-19-17(21)7-9-18-15-5-2-3-6-16(15)20-10-13-23-14-11-20/h2-3,5-6,18H,4,7-14H2,1H3,(H,19,21). The van der Waals surface area contributed by atoms with Crippen LogP contribution in [0, 0.1) is 0 Å². The van der Waals surface area contributed by atoms with Gasteiger partial charge in [0.05, 0.1) is 24.6 Å². The predicted molar refractivity (Wildman–Crippen MR) is 92.1 cm³/mol. The fourth-order valence-electron chi connectivity index (χ4n) is 2.55. The molecule has 1 aliphatic rings. The fraction of sp³-hybridized carbons (Fsp3) is 0.588. The van der Waals surface area contributed by atoms with Crippen LogP contribution in [0.15, 0.2) is 24.3 Å². The first-order valence-electron chi connectivity index (χ1n) is 8.22. The van der Waals surface area contributed by atoms with Gasteiger partial charge in [-0.2, -0.15) is 0 Å². The smallest absolute Gasteiger partial charge is 0.221 e. The largest absolute Gasteiger partial charge is 0.385 e. The van der Waals surface area contributed by atoms with Gasteiger partial charge in [-0.15, -0.1) is 0 Å². The van der Waals surface area contributed by atoms with Crippen molar-refractivity contribution in [2.45, 2.75) is 12.8 Å². The lowest BCUT2D eigenvalue weighted by Crippen LogP contribution is -2.36. The van der Waals surface area contributed by atoms with E-state index in [2.05, 4.69) is 27.7 Å². The van der Waals surface area contributed by atoms with Gasteiger partial charge in [-0.05, 0) is 18.6 Å². The van der Waals surface area contributed by atoms with E-state index in [1.54, 1.807) is 7.11 Å². The summed E-state index contributed by atoms with van der Waals surface area (Å²) >= 11 is 0. The van der Waals surface area contributed by atoms with Gasteiger partial charge in [0.25, 0.3) is 0 Å². The number of ether oxygens (including phenoxy) is 2. The lowest BCUT2D eigenvalue weighted by atomic mass is 10.2. The van der Waals surface area contributed by atoms with Crippen LogP contribution in [-0.2, 0) is 14.3 Å². The molecule has 2 rings (SSSR count). The molecular weight excluding hydrogens is 294 g/mol. The summed E-state index contributed by atoms with van der Waals surface area (Å²) in [6.45, 7) is 5.29. The molecule has 1 aromatic rings. The highest BCUT2D eigenvalue weighted by molar-refractivity contribution is 5.77. The Hall–Kier alpha value is -1.79.